The molecule has 0 fully saturated rings. The van der Waals surface area contributed by atoms with E-state index < -0.39 is 0 Å². The molecule has 5 aromatic rings. The van der Waals surface area contributed by atoms with Gasteiger partial charge >= 0.3 is 0 Å². The highest BCUT2D eigenvalue weighted by Crippen LogP contribution is 2.44. The van der Waals surface area contributed by atoms with E-state index in [1.165, 1.54) is 43.1 Å². The summed E-state index contributed by atoms with van der Waals surface area (Å²) < 4.78 is 0. The van der Waals surface area contributed by atoms with E-state index in [9.17, 15) is 0 Å². The average Bonchev–Trinajstić information content (AvgIpc) is 2.55. The molecule has 0 amide bonds. The van der Waals surface area contributed by atoms with Gasteiger partial charge in [-0.05, 0) is 43.8 Å². The minimum atomic E-state index is 0.930. The smallest absolute Gasteiger partial charge is 0.0259 e. The van der Waals surface area contributed by atoms with Gasteiger partial charge in [0.05, 0.1) is 0 Å². The third-order valence-corrected chi connectivity index (χ3v) is 5.58. The fourth-order valence-corrected chi connectivity index (χ4v) is 4.24. The summed E-state index contributed by atoms with van der Waals surface area (Å²) in [6, 6.07) is 21.6. The zero-order valence-electron chi connectivity index (χ0n) is 11.7. The molecule has 0 aliphatic carbocycles. The molecule has 0 nitrogen and oxygen atoms in total. The second-order valence-electron chi connectivity index (χ2n) is 5.73. The van der Waals surface area contributed by atoms with Gasteiger partial charge in [0.1, 0.15) is 0 Å². The topological polar surface area (TPSA) is 0 Å². The molecular weight excluding hydrogens is 304 g/mol. The lowest BCUT2D eigenvalue weighted by molar-refractivity contribution is 1.35. The van der Waals surface area contributed by atoms with Crippen molar-refractivity contribution in [3.63, 3.8) is 0 Å². The summed E-state index contributed by atoms with van der Waals surface area (Å²) in [5, 5.41) is 10.2. The fraction of sp³-hybridized carbons (Fsp3) is 0. The second-order valence-corrected chi connectivity index (χ2v) is 6.66. The molecule has 0 spiro atoms. The van der Waals surface area contributed by atoms with Crippen LogP contribution in [0.2, 0.25) is 0 Å². The molecule has 0 N–H and O–H groups in total. The normalized spacial score (nSPS) is 12.1. The number of rotatable bonds is 0. The number of hydrogen-bond acceptors (Lipinski definition) is 2. The SMILES string of the molecule is Sc1cc2cccc3c4cccc5cccc(c(c1S)c23)c54. The van der Waals surface area contributed by atoms with Crippen LogP contribution in [0.1, 0.15) is 0 Å². The van der Waals surface area contributed by atoms with E-state index >= 15 is 0 Å². The maximum atomic E-state index is 4.77. The number of thiol groups is 2. The zero-order valence-corrected chi connectivity index (χ0v) is 13.5. The molecule has 0 atom stereocenters. The Morgan fingerprint density at radius 2 is 1.14 bits per heavy atom. The lowest BCUT2D eigenvalue weighted by atomic mass is 9.90. The molecule has 104 valence electrons. The van der Waals surface area contributed by atoms with Crippen molar-refractivity contribution in [3.8, 4) is 0 Å². The van der Waals surface area contributed by atoms with Crippen molar-refractivity contribution in [2.24, 2.45) is 0 Å². The first-order valence-corrected chi connectivity index (χ1v) is 8.15. The summed E-state index contributed by atoms with van der Waals surface area (Å²) in [6.07, 6.45) is 0. The van der Waals surface area contributed by atoms with Crippen LogP contribution in [0.25, 0.3) is 43.1 Å². The summed E-state index contributed by atoms with van der Waals surface area (Å²) in [6.45, 7) is 0. The molecule has 0 heterocycles. The average molecular weight is 316 g/mol. The van der Waals surface area contributed by atoms with Crippen LogP contribution in [0, 0.1) is 0 Å². The Morgan fingerprint density at radius 1 is 0.545 bits per heavy atom. The van der Waals surface area contributed by atoms with Gasteiger partial charge < -0.3 is 0 Å². The van der Waals surface area contributed by atoms with Crippen LogP contribution in [-0.4, -0.2) is 0 Å². The molecule has 0 aliphatic rings. The first-order chi connectivity index (χ1) is 10.8. The number of hydrogen-bond donors (Lipinski definition) is 2. The molecule has 0 aromatic heterocycles. The van der Waals surface area contributed by atoms with Crippen molar-refractivity contribution in [1.29, 1.82) is 0 Å². The van der Waals surface area contributed by atoms with E-state index in [0.29, 0.717) is 0 Å². The first-order valence-electron chi connectivity index (χ1n) is 7.26. The van der Waals surface area contributed by atoms with E-state index in [1.807, 2.05) is 0 Å². The minimum absolute atomic E-state index is 0.930. The summed E-state index contributed by atoms with van der Waals surface area (Å²) >= 11 is 9.40. The predicted octanol–water partition coefficient (Wildman–Crippen LogP) is 6.31. The Morgan fingerprint density at radius 3 is 1.86 bits per heavy atom. The van der Waals surface area contributed by atoms with Crippen molar-refractivity contribution >= 4 is 68.3 Å². The standard InChI is InChI=1S/C20H12S2/c21-16-10-12-6-3-8-14-13-7-1-4-11-5-2-9-15(17(11)13)19(18(12)14)20(16)22/h1-10,21-22H. The highest BCUT2D eigenvalue weighted by atomic mass is 32.1. The monoisotopic (exact) mass is 316 g/mol. The van der Waals surface area contributed by atoms with Crippen LogP contribution < -0.4 is 0 Å². The van der Waals surface area contributed by atoms with Crippen molar-refractivity contribution in [2.45, 2.75) is 9.79 Å². The van der Waals surface area contributed by atoms with Gasteiger partial charge in [0, 0.05) is 15.2 Å². The van der Waals surface area contributed by atoms with Crippen molar-refractivity contribution < 1.29 is 0 Å². The molecule has 0 saturated heterocycles. The van der Waals surface area contributed by atoms with Crippen LogP contribution in [0.4, 0.5) is 0 Å². The van der Waals surface area contributed by atoms with E-state index in [2.05, 4.69) is 73.3 Å². The quantitative estimate of drug-likeness (QED) is 0.186. The molecule has 0 saturated carbocycles. The summed E-state index contributed by atoms with van der Waals surface area (Å²) in [5.74, 6) is 0. The first kappa shape index (κ1) is 12.6. The van der Waals surface area contributed by atoms with Gasteiger partial charge in [-0.25, -0.2) is 0 Å². The molecule has 0 aliphatic heterocycles. The van der Waals surface area contributed by atoms with Crippen LogP contribution in [-0.2, 0) is 0 Å². The van der Waals surface area contributed by atoms with Crippen LogP contribution in [0.3, 0.4) is 0 Å². The highest BCUT2D eigenvalue weighted by Gasteiger charge is 2.15. The van der Waals surface area contributed by atoms with Gasteiger partial charge in [0.25, 0.3) is 0 Å². The van der Waals surface area contributed by atoms with E-state index in [4.69, 9.17) is 12.6 Å². The predicted molar refractivity (Wildman–Crippen MR) is 102 cm³/mol. The Balaban J connectivity index is 2.31. The Bertz CT molecular complexity index is 1180. The molecule has 5 aromatic carbocycles. The number of fused-ring (bicyclic) bond motifs is 2. The van der Waals surface area contributed by atoms with Crippen LogP contribution in [0.5, 0.6) is 0 Å². The Hall–Kier alpha value is -1.90. The molecule has 0 unspecified atom stereocenters. The van der Waals surface area contributed by atoms with Gasteiger partial charge in [0.2, 0.25) is 0 Å². The lowest BCUT2D eigenvalue weighted by Gasteiger charge is -2.16. The lowest BCUT2D eigenvalue weighted by Crippen LogP contribution is -1.88. The van der Waals surface area contributed by atoms with Crippen molar-refractivity contribution in [1.82, 2.24) is 0 Å². The van der Waals surface area contributed by atoms with E-state index in [0.717, 1.165) is 9.79 Å². The van der Waals surface area contributed by atoms with Gasteiger partial charge in [-0.15, -0.1) is 25.3 Å². The summed E-state index contributed by atoms with van der Waals surface area (Å²) in [4.78, 5) is 1.89. The van der Waals surface area contributed by atoms with E-state index in [-0.39, 0.29) is 0 Å². The van der Waals surface area contributed by atoms with Gasteiger partial charge in [-0.1, -0.05) is 54.6 Å². The van der Waals surface area contributed by atoms with Crippen molar-refractivity contribution in [3.05, 3.63) is 60.7 Å². The molecule has 0 radical (unpaired) electrons. The van der Waals surface area contributed by atoms with Crippen LogP contribution >= 0.6 is 25.3 Å². The van der Waals surface area contributed by atoms with Gasteiger partial charge in [-0.3, -0.25) is 0 Å². The molecule has 0 bridgehead atoms. The molecule has 5 rings (SSSR count). The summed E-state index contributed by atoms with van der Waals surface area (Å²) in [5.41, 5.74) is 0. The Kier molecular flexibility index (Phi) is 2.47. The zero-order chi connectivity index (χ0) is 14.8. The summed E-state index contributed by atoms with van der Waals surface area (Å²) in [7, 11) is 0. The third-order valence-electron chi connectivity index (χ3n) is 4.58. The maximum Gasteiger partial charge on any atom is 0.0259 e. The van der Waals surface area contributed by atoms with Gasteiger partial charge in [-0.2, -0.15) is 0 Å². The second kappa shape index (κ2) is 4.31. The highest BCUT2D eigenvalue weighted by molar-refractivity contribution is 7.83. The van der Waals surface area contributed by atoms with Crippen LogP contribution in [0.15, 0.2) is 70.5 Å². The van der Waals surface area contributed by atoms with E-state index in [1.54, 1.807) is 0 Å². The van der Waals surface area contributed by atoms with Gasteiger partial charge in [0.15, 0.2) is 0 Å². The minimum Gasteiger partial charge on any atom is -0.142 e. The number of benzene rings is 5. The maximum absolute atomic E-state index is 4.77. The largest absolute Gasteiger partial charge is 0.142 e. The third kappa shape index (κ3) is 1.47. The molecular formula is C20H12S2. The Labute approximate surface area is 138 Å². The molecule has 2 heteroatoms. The van der Waals surface area contributed by atoms with Crippen molar-refractivity contribution in [2.75, 3.05) is 0 Å². The molecule has 22 heavy (non-hydrogen) atoms. The fourth-order valence-electron chi connectivity index (χ4n) is 3.69.